The molecule has 6 N–H and O–H groups in total. The van der Waals surface area contributed by atoms with Crippen molar-refractivity contribution >= 4 is 64.1 Å². The zero-order chi connectivity index (χ0) is 48.8. The first-order chi connectivity index (χ1) is 30.9. The Morgan fingerprint density at radius 1 is 0.803 bits per heavy atom. The lowest BCUT2D eigenvalue weighted by atomic mass is 9.71. The number of aliphatic hydroxyl groups is 1. The van der Waals surface area contributed by atoms with Gasteiger partial charge in [-0.05, 0) is 83.0 Å². The number of aliphatic carboxylic acids is 3. The lowest BCUT2D eigenvalue weighted by molar-refractivity contribution is -0.233. The van der Waals surface area contributed by atoms with Crippen LogP contribution in [-0.4, -0.2) is 112 Å². The van der Waals surface area contributed by atoms with Crippen LogP contribution >= 0.6 is 0 Å². The summed E-state index contributed by atoms with van der Waals surface area (Å²) in [6.07, 6.45) is -7.26. The molecule has 2 aliphatic rings. The summed E-state index contributed by atoms with van der Waals surface area (Å²) < 4.78 is 34.7. The summed E-state index contributed by atoms with van der Waals surface area (Å²) in [6.45, 7) is 11.3. The van der Waals surface area contributed by atoms with Crippen LogP contribution in [0.3, 0.4) is 0 Å². The van der Waals surface area contributed by atoms with Crippen molar-refractivity contribution in [1.82, 2.24) is 5.32 Å². The average Bonchev–Trinajstić information content (AvgIpc) is 3.59. The molecule has 1 saturated heterocycles. The predicted octanol–water partition coefficient (Wildman–Crippen LogP) is 5.65. The summed E-state index contributed by atoms with van der Waals surface area (Å²) >= 11 is 0. The molecule has 0 bridgehead atoms. The number of nitrogens with one attached hydrogen (secondary N) is 2. The number of carbonyl (C=O) groups is 7. The van der Waals surface area contributed by atoms with Crippen LogP contribution < -0.4 is 25.0 Å². The number of carbonyl (C=O) groups excluding carboxylic acids is 4. The Morgan fingerprint density at radius 2 is 1.41 bits per heavy atom. The minimum atomic E-state index is -1.73. The molecule has 0 spiro atoms. The fraction of sp³-hybridized carbons (Fsp3) is 0.500. The number of nitrogens with zero attached hydrogens (tertiary/aromatic N) is 1. The number of esters is 1. The van der Waals surface area contributed by atoms with Crippen molar-refractivity contribution in [3.63, 3.8) is 0 Å². The first kappa shape index (κ1) is 50.3. The van der Waals surface area contributed by atoms with E-state index in [-0.39, 0.29) is 31.2 Å². The Hall–Kier alpha value is -6.67. The topological polar surface area (TPSA) is 283 Å². The highest BCUT2D eigenvalue weighted by atomic mass is 16.7. The number of carboxylic acids is 3. The zero-order valence-corrected chi connectivity index (χ0v) is 37.9. The lowest BCUT2D eigenvalue weighted by Crippen LogP contribution is -2.54. The number of alkyl carbamates (subject to hydrolysis) is 1. The summed E-state index contributed by atoms with van der Waals surface area (Å²) in [6, 6.07) is 12.2. The third-order valence-electron chi connectivity index (χ3n) is 10.8. The third kappa shape index (κ3) is 12.6. The summed E-state index contributed by atoms with van der Waals surface area (Å²) in [5, 5.41) is 46.6. The van der Waals surface area contributed by atoms with Crippen LogP contribution in [0, 0.1) is 17.8 Å². The van der Waals surface area contributed by atoms with Crippen molar-refractivity contribution in [2.24, 2.45) is 17.8 Å². The highest BCUT2D eigenvalue weighted by Crippen LogP contribution is 2.47. The number of anilines is 2. The van der Waals surface area contributed by atoms with Gasteiger partial charge in [0.05, 0.1) is 37.9 Å². The molecule has 0 aromatic heterocycles. The number of rotatable bonds is 16. The zero-order valence-electron chi connectivity index (χ0n) is 37.9. The molecule has 1 fully saturated rings. The van der Waals surface area contributed by atoms with Gasteiger partial charge in [0.15, 0.2) is 6.10 Å². The minimum Gasteiger partial charge on any atom is -0.488 e. The molecular formula is C46H57N3O17. The van der Waals surface area contributed by atoms with E-state index in [1.165, 1.54) is 24.0 Å². The lowest BCUT2D eigenvalue weighted by Gasteiger charge is -2.44. The number of aliphatic hydroxyl groups excluding tert-OH is 1. The maximum absolute atomic E-state index is 13.6. The minimum absolute atomic E-state index is 0.0395. The highest BCUT2D eigenvalue weighted by molar-refractivity contribution is 6.02. The van der Waals surface area contributed by atoms with E-state index in [4.69, 9.17) is 28.4 Å². The van der Waals surface area contributed by atoms with Gasteiger partial charge in [-0.25, -0.2) is 14.4 Å². The molecule has 5 rings (SSSR count). The van der Waals surface area contributed by atoms with Crippen LogP contribution in [-0.2, 0) is 49.5 Å². The number of ether oxygens (including phenoxy) is 6. The Balaban J connectivity index is 1.57. The maximum atomic E-state index is 13.6. The number of hydrogen-bond acceptors (Lipinski definition) is 14. The summed E-state index contributed by atoms with van der Waals surface area (Å²) in [7, 11) is 1.02. The van der Waals surface area contributed by atoms with E-state index in [2.05, 4.69) is 10.6 Å². The smallest absolute Gasteiger partial charge is 0.414 e. The molecule has 0 unspecified atom stereocenters. The predicted molar refractivity (Wildman–Crippen MR) is 234 cm³/mol. The normalized spacial score (nSPS) is 20.9. The SMILES string of the molecule is COC(=O)[C@H]1O[C@@H](Oc2cc(COc3cc4c(c5ccccc35)[C@H](CO)CN4C(=O)OC(C)(C)C)ccc2NC(=O)[C@H](C)NC(=O)OC(C)(C)C)[C@H](CC(=O)O)[C@@H](CC(=O)O)[C@@H]1CC(=O)O. The Morgan fingerprint density at radius 3 is 2.00 bits per heavy atom. The van der Waals surface area contributed by atoms with Crippen molar-refractivity contribution in [2.75, 3.05) is 30.5 Å². The molecule has 7 atom stereocenters. The van der Waals surface area contributed by atoms with Crippen molar-refractivity contribution in [1.29, 1.82) is 0 Å². The molecule has 20 nitrogen and oxygen atoms in total. The van der Waals surface area contributed by atoms with Crippen molar-refractivity contribution < 1.29 is 82.4 Å². The van der Waals surface area contributed by atoms with Gasteiger partial charge < -0.3 is 59.5 Å². The Labute approximate surface area is 380 Å². The van der Waals surface area contributed by atoms with E-state index < -0.39 is 115 Å². The van der Waals surface area contributed by atoms with E-state index in [0.717, 1.165) is 18.1 Å². The molecule has 0 aliphatic carbocycles. The van der Waals surface area contributed by atoms with Gasteiger partial charge in [0.1, 0.15) is 35.3 Å². The Kier molecular flexibility index (Phi) is 15.8. The molecular weight excluding hydrogens is 867 g/mol. The third-order valence-corrected chi connectivity index (χ3v) is 10.8. The van der Waals surface area contributed by atoms with E-state index in [1.54, 1.807) is 59.7 Å². The molecule has 358 valence electrons. The van der Waals surface area contributed by atoms with Crippen molar-refractivity contribution in [3.05, 3.63) is 59.7 Å². The van der Waals surface area contributed by atoms with Crippen LogP contribution in [0.25, 0.3) is 10.8 Å². The number of methoxy groups -OCH3 is 1. The van der Waals surface area contributed by atoms with E-state index in [0.29, 0.717) is 22.4 Å². The molecule has 2 aliphatic heterocycles. The molecule has 3 amide bonds. The number of amides is 3. The van der Waals surface area contributed by atoms with Crippen LogP contribution in [0.2, 0.25) is 0 Å². The van der Waals surface area contributed by atoms with Crippen LogP contribution in [0.1, 0.15) is 84.8 Å². The molecule has 3 aromatic rings. The van der Waals surface area contributed by atoms with E-state index >= 15 is 0 Å². The van der Waals surface area contributed by atoms with Gasteiger partial charge in [0, 0.05) is 42.2 Å². The summed E-state index contributed by atoms with van der Waals surface area (Å²) in [5.74, 6) is -10.3. The van der Waals surface area contributed by atoms with Gasteiger partial charge in [-0.1, -0.05) is 30.3 Å². The van der Waals surface area contributed by atoms with Crippen LogP contribution in [0.15, 0.2) is 48.5 Å². The fourth-order valence-electron chi connectivity index (χ4n) is 8.07. The summed E-state index contributed by atoms with van der Waals surface area (Å²) in [4.78, 5) is 90.7. The summed E-state index contributed by atoms with van der Waals surface area (Å²) in [5.41, 5.74) is -0.118. The van der Waals surface area contributed by atoms with Gasteiger partial charge in [-0.2, -0.15) is 0 Å². The standard InChI is InChI=1S/C46H57N3O17/c1-23(47-43(59)65-45(2,3)4)40(57)48-31-14-13-24(15-34(31)63-42-30(18-37(55)56)28(16-35(51)52)29(17-36(53)54)39(64-42)41(58)61-8)22-62-33-19-32-38(27-12-10-9-11-26(27)33)25(21-50)20-49(32)44(60)66-46(5,6)7/h9-15,19,23,25,28-30,39,42,50H,16-18,20-22H2,1-8H3,(H,47,59)(H,48,57)(H,51,52)(H,53,54)(H,55,56)/t23-,25-,28-,29-,30+,39-,42+/m0/s1. The monoisotopic (exact) mass is 923 g/mol. The van der Waals surface area contributed by atoms with Gasteiger partial charge in [0.2, 0.25) is 12.2 Å². The second kappa shape index (κ2) is 20.7. The van der Waals surface area contributed by atoms with Gasteiger partial charge in [-0.15, -0.1) is 0 Å². The molecule has 66 heavy (non-hydrogen) atoms. The number of fused-ring (bicyclic) bond motifs is 3. The number of carboxylic acid groups (broad SMARTS) is 3. The van der Waals surface area contributed by atoms with Crippen molar-refractivity contribution in [2.45, 2.75) is 110 Å². The fourth-order valence-corrected chi connectivity index (χ4v) is 8.07. The number of hydrogen-bond donors (Lipinski definition) is 6. The highest BCUT2D eigenvalue weighted by Gasteiger charge is 2.52. The van der Waals surface area contributed by atoms with E-state index in [1.807, 2.05) is 18.2 Å². The second-order valence-electron chi connectivity index (χ2n) is 18.2. The van der Waals surface area contributed by atoms with Crippen molar-refractivity contribution in [3.8, 4) is 11.5 Å². The van der Waals surface area contributed by atoms with Crippen LogP contribution in [0.4, 0.5) is 21.0 Å². The number of benzene rings is 3. The van der Waals surface area contributed by atoms with Crippen LogP contribution in [0.5, 0.6) is 11.5 Å². The maximum Gasteiger partial charge on any atom is 0.414 e. The first-order valence-corrected chi connectivity index (χ1v) is 21.2. The largest absolute Gasteiger partial charge is 0.488 e. The second-order valence-corrected chi connectivity index (χ2v) is 18.2. The molecule has 20 heteroatoms. The van der Waals surface area contributed by atoms with Gasteiger partial charge in [-0.3, -0.25) is 24.1 Å². The van der Waals surface area contributed by atoms with E-state index in [9.17, 15) is 54.0 Å². The van der Waals surface area contributed by atoms with Gasteiger partial charge >= 0.3 is 36.1 Å². The Bertz CT molecular complexity index is 2340. The molecule has 3 aromatic carbocycles. The first-order valence-electron chi connectivity index (χ1n) is 21.2. The average molecular weight is 924 g/mol. The molecule has 2 heterocycles. The molecule has 0 saturated carbocycles. The quantitative estimate of drug-likeness (QED) is 0.0747. The van der Waals surface area contributed by atoms with Gasteiger partial charge in [0.25, 0.3) is 0 Å². The molecule has 0 radical (unpaired) electrons.